The number of sulfone groups is 1. The van der Waals surface area contributed by atoms with Gasteiger partial charge in [-0.3, -0.25) is 4.99 Å². The number of benzene rings is 3. The van der Waals surface area contributed by atoms with Gasteiger partial charge < -0.3 is 14.6 Å². The predicted molar refractivity (Wildman–Crippen MR) is 133 cm³/mol. The Morgan fingerprint density at radius 1 is 1.03 bits per heavy atom. The molecule has 5 rings (SSSR count). The van der Waals surface area contributed by atoms with Gasteiger partial charge >= 0.3 is 0 Å². The van der Waals surface area contributed by atoms with Crippen LogP contribution >= 0.6 is 0 Å². The van der Waals surface area contributed by atoms with Gasteiger partial charge in [0.2, 0.25) is 0 Å². The molecule has 0 radical (unpaired) electrons. The number of aliphatic imine (C=N–C) groups is 1. The van der Waals surface area contributed by atoms with Gasteiger partial charge in [-0.25, -0.2) is 13.1 Å². The quantitative estimate of drug-likeness (QED) is 0.398. The molecule has 0 saturated heterocycles. The molecule has 0 unspecified atom stereocenters. The highest BCUT2D eigenvalue weighted by Crippen LogP contribution is 2.35. The maximum atomic E-state index is 12.3. The second-order valence-corrected chi connectivity index (χ2v) is 10.2. The van der Waals surface area contributed by atoms with Crippen molar-refractivity contribution in [3.8, 4) is 34.2 Å². The zero-order valence-corrected chi connectivity index (χ0v) is 19.8. The van der Waals surface area contributed by atoms with E-state index in [9.17, 15) is 13.5 Å². The number of nitrogens with zero attached hydrogens (tertiary/aromatic N) is 3. The summed E-state index contributed by atoms with van der Waals surface area (Å²) >= 11 is 0. The average Bonchev–Trinajstić information content (AvgIpc) is 3.32. The van der Waals surface area contributed by atoms with Gasteiger partial charge in [0.05, 0.1) is 16.3 Å². The Labute approximate surface area is 203 Å². The van der Waals surface area contributed by atoms with Crippen molar-refractivity contribution in [2.75, 3.05) is 19.0 Å². The highest BCUT2D eigenvalue weighted by molar-refractivity contribution is 7.91. The number of phenolic OH excluding ortho intramolecular Hbond substituents is 1. The summed E-state index contributed by atoms with van der Waals surface area (Å²) in [7, 11) is -3.44. The third-order valence-electron chi connectivity index (χ3n) is 5.61. The summed E-state index contributed by atoms with van der Waals surface area (Å²) in [6, 6.07) is 19.3. The minimum absolute atomic E-state index is 0.0426. The highest BCUT2D eigenvalue weighted by atomic mass is 32.2. The van der Waals surface area contributed by atoms with Crippen LogP contribution in [0.1, 0.15) is 12.5 Å². The van der Waals surface area contributed by atoms with Crippen molar-refractivity contribution in [1.82, 2.24) is 9.78 Å². The van der Waals surface area contributed by atoms with E-state index in [1.807, 2.05) is 54.7 Å². The standard InChI is InChI=1S/C26H23N3O5S/c1-2-35(31,32)21-9-10-23(30)22(15-21)27-16-19-17-29(20-6-4-3-5-7-20)28-26(19)18-8-11-24-25(14-18)34-13-12-33-24/h3-11,14-17,30H,2,12-13H2,1H3. The van der Waals surface area contributed by atoms with Gasteiger partial charge in [0.15, 0.2) is 21.3 Å². The maximum absolute atomic E-state index is 12.3. The Bertz CT molecular complexity index is 1510. The fraction of sp³-hybridized carbons (Fsp3) is 0.154. The largest absolute Gasteiger partial charge is 0.506 e. The SMILES string of the molecule is CCS(=O)(=O)c1ccc(O)c(N=Cc2cn(-c3ccccc3)nc2-c2ccc3c(c2)OCCO3)c1. The molecule has 3 aromatic carbocycles. The number of aromatic nitrogens is 2. The van der Waals surface area contributed by atoms with Crippen molar-refractivity contribution in [2.45, 2.75) is 11.8 Å². The average molecular weight is 490 g/mol. The van der Waals surface area contributed by atoms with Crippen molar-refractivity contribution in [3.05, 3.63) is 78.5 Å². The zero-order chi connectivity index (χ0) is 24.4. The number of fused-ring (bicyclic) bond motifs is 1. The minimum atomic E-state index is -3.44. The molecule has 9 heteroatoms. The van der Waals surface area contributed by atoms with Crippen molar-refractivity contribution in [1.29, 1.82) is 0 Å². The first kappa shape index (κ1) is 22.7. The summed E-state index contributed by atoms with van der Waals surface area (Å²) in [6.45, 7) is 2.55. The van der Waals surface area contributed by atoms with Crippen molar-refractivity contribution < 1.29 is 23.0 Å². The first-order chi connectivity index (χ1) is 16.9. The molecule has 0 atom stereocenters. The van der Waals surface area contributed by atoms with Crippen LogP contribution < -0.4 is 9.47 Å². The number of para-hydroxylation sites is 1. The molecule has 2 heterocycles. The minimum Gasteiger partial charge on any atom is -0.506 e. The molecule has 1 aliphatic rings. The van der Waals surface area contributed by atoms with Crippen LogP contribution in [0, 0.1) is 0 Å². The number of rotatable bonds is 6. The molecule has 4 aromatic rings. The molecule has 0 bridgehead atoms. The fourth-order valence-corrected chi connectivity index (χ4v) is 4.62. The van der Waals surface area contributed by atoms with Crippen LogP contribution in [0.25, 0.3) is 16.9 Å². The zero-order valence-electron chi connectivity index (χ0n) is 19.0. The van der Waals surface area contributed by atoms with Crippen molar-refractivity contribution >= 4 is 21.7 Å². The summed E-state index contributed by atoms with van der Waals surface area (Å²) in [5.74, 6) is 1.16. The van der Waals surface area contributed by atoms with Crippen molar-refractivity contribution in [3.63, 3.8) is 0 Å². The molecular weight excluding hydrogens is 466 g/mol. The Balaban J connectivity index is 1.59. The monoisotopic (exact) mass is 489 g/mol. The van der Waals surface area contributed by atoms with E-state index < -0.39 is 9.84 Å². The molecule has 0 fully saturated rings. The molecule has 0 spiro atoms. The second-order valence-electron chi connectivity index (χ2n) is 7.88. The van der Waals surface area contributed by atoms with Gasteiger partial charge in [0.25, 0.3) is 0 Å². The second kappa shape index (κ2) is 9.27. The molecule has 8 nitrogen and oxygen atoms in total. The molecule has 1 aromatic heterocycles. The summed E-state index contributed by atoms with van der Waals surface area (Å²) in [5, 5.41) is 15.1. The summed E-state index contributed by atoms with van der Waals surface area (Å²) in [5.41, 5.74) is 3.14. The van der Waals surface area contributed by atoms with E-state index >= 15 is 0 Å². The molecule has 1 aliphatic heterocycles. The number of phenols is 1. The van der Waals surface area contributed by atoms with E-state index in [1.165, 1.54) is 18.2 Å². The van der Waals surface area contributed by atoms with Gasteiger partial charge in [0.1, 0.15) is 30.3 Å². The third-order valence-corrected chi connectivity index (χ3v) is 7.34. The van der Waals surface area contributed by atoms with E-state index in [-0.39, 0.29) is 22.1 Å². The smallest absolute Gasteiger partial charge is 0.178 e. The Kier molecular flexibility index (Phi) is 6.00. The molecule has 0 saturated carbocycles. The lowest BCUT2D eigenvalue weighted by Crippen LogP contribution is -2.15. The summed E-state index contributed by atoms with van der Waals surface area (Å²) < 4.78 is 37.7. The highest BCUT2D eigenvalue weighted by Gasteiger charge is 2.17. The Morgan fingerprint density at radius 3 is 2.57 bits per heavy atom. The van der Waals surface area contributed by atoms with Crippen LogP contribution in [0.5, 0.6) is 17.2 Å². The van der Waals surface area contributed by atoms with Crippen LogP contribution in [0.3, 0.4) is 0 Å². The Hall–Kier alpha value is -4.11. The van der Waals surface area contributed by atoms with Gasteiger partial charge in [-0.15, -0.1) is 0 Å². The number of hydrogen-bond donors (Lipinski definition) is 1. The van der Waals surface area contributed by atoms with Crippen LogP contribution in [0.4, 0.5) is 5.69 Å². The normalized spacial score (nSPS) is 13.3. The van der Waals surface area contributed by atoms with Gasteiger partial charge in [-0.1, -0.05) is 25.1 Å². The van der Waals surface area contributed by atoms with E-state index in [0.717, 1.165) is 11.3 Å². The lowest BCUT2D eigenvalue weighted by molar-refractivity contribution is 0.171. The van der Waals surface area contributed by atoms with Crippen LogP contribution in [-0.2, 0) is 9.84 Å². The number of ether oxygens (including phenoxy) is 2. The first-order valence-electron chi connectivity index (χ1n) is 11.1. The van der Waals surface area contributed by atoms with E-state index in [0.29, 0.717) is 36.0 Å². The summed E-state index contributed by atoms with van der Waals surface area (Å²) in [6.07, 6.45) is 3.39. The lowest BCUT2D eigenvalue weighted by Gasteiger charge is -2.18. The number of aromatic hydroxyl groups is 1. The first-order valence-corrected chi connectivity index (χ1v) is 12.7. The van der Waals surface area contributed by atoms with E-state index in [2.05, 4.69) is 4.99 Å². The van der Waals surface area contributed by atoms with Gasteiger partial charge in [0, 0.05) is 23.5 Å². The maximum Gasteiger partial charge on any atom is 0.178 e. The van der Waals surface area contributed by atoms with Crippen LogP contribution in [0.15, 0.2) is 82.8 Å². The lowest BCUT2D eigenvalue weighted by atomic mass is 10.1. The van der Waals surface area contributed by atoms with Crippen molar-refractivity contribution in [2.24, 2.45) is 4.99 Å². The summed E-state index contributed by atoms with van der Waals surface area (Å²) in [4.78, 5) is 4.52. The van der Waals surface area contributed by atoms with E-state index in [4.69, 9.17) is 14.6 Å². The van der Waals surface area contributed by atoms with E-state index in [1.54, 1.807) is 17.8 Å². The molecular formula is C26H23N3O5S. The van der Waals surface area contributed by atoms with Crippen LogP contribution in [0.2, 0.25) is 0 Å². The topological polar surface area (TPSA) is 103 Å². The van der Waals surface area contributed by atoms with Crippen LogP contribution in [-0.4, -0.2) is 48.5 Å². The molecule has 0 aliphatic carbocycles. The molecule has 0 amide bonds. The van der Waals surface area contributed by atoms with Gasteiger partial charge in [-0.05, 0) is 48.5 Å². The molecule has 178 valence electrons. The number of hydrogen-bond acceptors (Lipinski definition) is 7. The molecule has 35 heavy (non-hydrogen) atoms. The molecule has 1 N–H and O–H groups in total. The fourth-order valence-electron chi connectivity index (χ4n) is 3.72. The Morgan fingerprint density at radius 2 is 1.80 bits per heavy atom. The third kappa shape index (κ3) is 4.63. The van der Waals surface area contributed by atoms with Gasteiger partial charge in [-0.2, -0.15) is 5.10 Å². The predicted octanol–water partition coefficient (Wildman–Crippen LogP) is 4.56.